The molecule has 138 valence electrons. The first-order valence-corrected chi connectivity index (χ1v) is 10.2. The first-order chi connectivity index (χ1) is 12.7. The predicted molar refractivity (Wildman–Crippen MR) is 108 cm³/mol. The standard InChI is InChI=1S/C24H30O2/c1-2-3-5-8-18-11-13-20(14-12-18)22-16-15-21(24(25)26)17-23(22)19-9-6-4-7-10-19/h11-17,19H,2-10H2,1H3,(H,25,26). The number of aromatic carboxylic acids is 1. The molecule has 2 aromatic rings. The Bertz CT molecular complexity index is 724. The van der Waals surface area contributed by atoms with Crippen LogP contribution in [0.15, 0.2) is 42.5 Å². The summed E-state index contributed by atoms with van der Waals surface area (Å²) in [5.74, 6) is -0.345. The summed E-state index contributed by atoms with van der Waals surface area (Å²) < 4.78 is 0. The molecule has 1 saturated carbocycles. The summed E-state index contributed by atoms with van der Waals surface area (Å²) in [5.41, 5.74) is 5.45. The van der Waals surface area contributed by atoms with Crippen LogP contribution in [0.5, 0.6) is 0 Å². The lowest BCUT2D eigenvalue weighted by Gasteiger charge is -2.25. The maximum absolute atomic E-state index is 11.5. The highest BCUT2D eigenvalue weighted by Gasteiger charge is 2.20. The number of carboxylic acids is 1. The number of benzene rings is 2. The second-order valence-corrected chi connectivity index (χ2v) is 7.60. The van der Waals surface area contributed by atoms with Crippen LogP contribution in [0.1, 0.15) is 85.7 Å². The fraction of sp³-hybridized carbons (Fsp3) is 0.458. The van der Waals surface area contributed by atoms with Gasteiger partial charge in [-0.05, 0) is 66.0 Å². The zero-order valence-corrected chi connectivity index (χ0v) is 15.8. The molecule has 0 unspecified atom stereocenters. The van der Waals surface area contributed by atoms with Crippen LogP contribution in [0, 0.1) is 0 Å². The number of unbranched alkanes of at least 4 members (excludes halogenated alkanes) is 2. The van der Waals surface area contributed by atoms with E-state index in [2.05, 4.69) is 31.2 Å². The molecule has 1 aliphatic rings. The molecule has 0 aromatic heterocycles. The second-order valence-electron chi connectivity index (χ2n) is 7.60. The second kappa shape index (κ2) is 9.02. The normalized spacial score (nSPS) is 15.1. The van der Waals surface area contributed by atoms with Crippen LogP contribution < -0.4 is 0 Å². The molecule has 0 atom stereocenters. The summed E-state index contributed by atoms with van der Waals surface area (Å²) in [6.07, 6.45) is 11.1. The molecule has 0 heterocycles. The van der Waals surface area contributed by atoms with Crippen molar-refractivity contribution in [3.63, 3.8) is 0 Å². The van der Waals surface area contributed by atoms with Gasteiger partial charge in [-0.3, -0.25) is 0 Å². The van der Waals surface area contributed by atoms with Crippen LogP contribution in [0.2, 0.25) is 0 Å². The van der Waals surface area contributed by atoms with Crippen molar-refractivity contribution < 1.29 is 9.90 Å². The number of hydrogen-bond acceptors (Lipinski definition) is 1. The average molecular weight is 351 g/mol. The van der Waals surface area contributed by atoms with Gasteiger partial charge in [0.1, 0.15) is 0 Å². The molecule has 0 radical (unpaired) electrons. The van der Waals surface area contributed by atoms with Crippen LogP contribution in [-0.2, 0) is 6.42 Å². The van der Waals surface area contributed by atoms with Crippen LogP contribution in [0.3, 0.4) is 0 Å². The van der Waals surface area contributed by atoms with E-state index in [9.17, 15) is 9.90 Å². The van der Waals surface area contributed by atoms with Crippen molar-refractivity contribution in [3.8, 4) is 11.1 Å². The molecule has 26 heavy (non-hydrogen) atoms. The third-order valence-corrected chi connectivity index (χ3v) is 5.68. The highest BCUT2D eigenvalue weighted by atomic mass is 16.4. The van der Waals surface area contributed by atoms with E-state index in [1.165, 1.54) is 73.6 Å². The summed E-state index contributed by atoms with van der Waals surface area (Å²) in [6, 6.07) is 14.6. The summed E-state index contributed by atoms with van der Waals surface area (Å²) >= 11 is 0. The van der Waals surface area contributed by atoms with E-state index in [4.69, 9.17) is 0 Å². The van der Waals surface area contributed by atoms with Gasteiger partial charge in [-0.2, -0.15) is 0 Å². The van der Waals surface area contributed by atoms with Gasteiger partial charge >= 0.3 is 5.97 Å². The van der Waals surface area contributed by atoms with Gasteiger partial charge in [0, 0.05) is 0 Å². The van der Waals surface area contributed by atoms with Gasteiger partial charge < -0.3 is 5.11 Å². The highest BCUT2D eigenvalue weighted by molar-refractivity contribution is 5.89. The molecule has 0 aliphatic heterocycles. The van der Waals surface area contributed by atoms with Crippen molar-refractivity contribution in [2.45, 2.75) is 70.6 Å². The van der Waals surface area contributed by atoms with Crippen molar-refractivity contribution >= 4 is 5.97 Å². The third-order valence-electron chi connectivity index (χ3n) is 5.68. The molecule has 0 amide bonds. The monoisotopic (exact) mass is 350 g/mol. The number of rotatable bonds is 7. The van der Waals surface area contributed by atoms with Gasteiger partial charge in [-0.25, -0.2) is 4.79 Å². The molecule has 1 fully saturated rings. The van der Waals surface area contributed by atoms with E-state index < -0.39 is 5.97 Å². The van der Waals surface area contributed by atoms with E-state index >= 15 is 0 Å². The Balaban J connectivity index is 1.89. The maximum Gasteiger partial charge on any atom is 0.335 e. The number of carbonyl (C=O) groups is 1. The van der Waals surface area contributed by atoms with Gasteiger partial charge in [0.05, 0.1) is 5.56 Å². The fourth-order valence-corrected chi connectivity index (χ4v) is 4.14. The van der Waals surface area contributed by atoms with Gasteiger partial charge in [0.15, 0.2) is 0 Å². The SMILES string of the molecule is CCCCCc1ccc(-c2ccc(C(=O)O)cc2C2CCCCC2)cc1. The van der Waals surface area contributed by atoms with E-state index in [0.717, 1.165) is 6.42 Å². The molecule has 2 aromatic carbocycles. The van der Waals surface area contributed by atoms with E-state index in [-0.39, 0.29) is 0 Å². The molecule has 0 bridgehead atoms. The molecule has 0 spiro atoms. The molecule has 2 nitrogen and oxygen atoms in total. The van der Waals surface area contributed by atoms with Crippen LogP contribution in [0.4, 0.5) is 0 Å². The van der Waals surface area contributed by atoms with Gasteiger partial charge in [-0.1, -0.05) is 69.4 Å². The van der Waals surface area contributed by atoms with E-state index in [1.807, 2.05) is 12.1 Å². The Kier molecular flexibility index (Phi) is 6.49. The molecule has 2 heteroatoms. The minimum absolute atomic E-state index is 0.408. The number of carboxylic acid groups (broad SMARTS) is 1. The molecule has 0 saturated heterocycles. The number of hydrogen-bond donors (Lipinski definition) is 1. The maximum atomic E-state index is 11.5. The smallest absolute Gasteiger partial charge is 0.335 e. The summed E-state index contributed by atoms with van der Waals surface area (Å²) in [5, 5.41) is 9.41. The Labute approximate surface area is 157 Å². The van der Waals surface area contributed by atoms with Crippen molar-refractivity contribution in [2.24, 2.45) is 0 Å². The van der Waals surface area contributed by atoms with Crippen molar-refractivity contribution in [1.29, 1.82) is 0 Å². The Morgan fingerprint density at radius 3 is 2.38 bits per heavy atom. The highest BCUT2D eigenvalue weighted by Crippen LogP contribution is 2.38. The first kappa shape index (κ1) is 18.7. The quantitative estimate of drug-likeness (QED) is 0.555. The van der Waals surface area contributed by atoms with E-state index in [1.54, 1.807) is 6.07 Å². The Morgan fingerprint density at radius 1 is 1.00 bits per heavy atom. The predicted octanol–water partition coefficient (Wildman–Crippen LogP) is 6.83. The van der Waals surface area contributed by atoms with Crippen LogP contribution >= 0.6 is 0 Å². The molecule has 3 rings (SSSR count). The first-order valence-electron chi connectivity index (χ1n) is 10.2. The largest absolute Gasteiger partial charge is 0.478 e. The van der Waals surface area contributed by atoms with Crippen LogP contribution in [0.25, 0.3) is 11.1 Å². The summed E-state index contributed by atoms with van der Waals surface area (Å²) in [6.45, 7) is 2.23. The molecule has 1 aliphatic carbocycles. The lowest BCUT2D eigenvalue weighted by atomic mass is 9.80. The lowest BCUT2D eigenvalue weighted by Crippen LogP contribution is -2.08. The van der Waals surface area contributed by atoms with Crippen molar-refractivity contribution in [1.82, 2.24) is 0 Å². The minimum Gasteiger partial charge on any atom is -0.478 e. The minimum atomic E-state index is -0.833. The Hall–Kier alpha value is -2.09. The van der Waals surface area contributed by atoms with Gasteiger partial charge in [-0.15, -0.1) is 0 Å². The summed E-state index contributed by atoms with van der Waals surface area (Å²) in [4.78, 5) is 11.5. The van der Waals surface area contributed by atoms with Gasteiger partial charge in [0.2, 0.25) is 0 Å². The zero-order chi connectivity index (χ0) is 18.4. The Morgan fingerprint density at radius 2 is 1.73 bits per heavy atom. The molecular weight excluding hydrogens is 320 g/mol. The molecule has 1 N–H and O–H groups in total. The van der Waals surface area contributed by atoms with E-state index in [0.29, 0.717) is 11.5 Å². The average Bonchev–Trinajstić information content (AvgIpc) is 2.69. The topological polar surface area (TPSA) is 37.3 Å². The third kappa shape index (κ3) is 4.55. The van der Waals surface area contributed by atoms with Gasteiger partial charge in [0.25, 0.3) is 0 Å². The van der Waals surface area contributed by atoms with Crippen molar-refractivity contribution in [2.75, 3.05) is 0 Å². The van der Waals surface area contributed by atoms with Crippen LogP contribution in [-0.4, -0.2) is 11.1 Å². The fourth-order valence-electron chi connectivity index (χ4n) is 4.14. The lowest BCUT2D eigenvalue weighted by molar-refractivity contribution is 0.0696. The zero-order valence-electron chi connectivity index (χ0n) is 15.8. The van der Waals surface area contributed by atoms with Crippen molar-refractivity contribution in [3.05, 3.63) is 59.2 Å². The molecular formula is C24H30O2. The summed E-state index contributed by atoms with van der Waals surface area (Å²) in [7, 11) is 0. The number of aryl methyl sites for hydroxylation is 1.